The minimum absolute atomic E-state index is 0.0253. The molecule has 9 nitrogen and oxygen atoms in total. The van der Waals surface area contributed by atoms with Gasteiger partial charge in [0.25, 0.3) is 10.0 Å². The fourth-order valence-electron chi connectivity index (χ4n) is 5.85. The Balaban J connectivity index is 1.79. The molecule has 0 bridgehead atoms. The van der Waals surface area contributed by atoms with Gasteiger partial charge in [-0.2, -0.15) is 0 Å². The first-order valence-electron chi connectivity index (χ1n) is 15.2. The highest BCUT2D eigenvalue weighted by Gasteiger charge is 2.35. The molecule has 1 unspecified atom stereocenters. The second kappa shape index (κ2) is 15.4. The molecule has 46 heavy (non-hydrogen) atoms. The smallest absolute Gasteiger partial charge is 0.264 e. The van der Waals surface area contributed by atoms with Gasteiger partial charge in [0, 0.05) is 28.7 Å². The van der Waals surface area contributed by atoms with Crippen molar-refractivity contribution in [2.75, 3.05) is 25.1 Å². The summed E-state index contributed by atoms with van der Waals surface area (Å²) < 4.78 is 40.5. The predicted octanol–water partition coefficient (Wildman–Crippen LogP) is 6.69. The maximum absolute atomic E-state index is 14.4. The summed E-state index contributed by atoms with van der Waals surface area (Å²) in [7, 11) is -1.45. The Kier molecular flexibility index (Phi) is 11.9. The van der Waals surface area contributed by atoms with Gasteiger partial charge in [-0.25, -0.2) is 8.42 Å². The molecule has 0 radical (unpaired) electrons. The van der Waals surface area contributed by atoms with Gasteiger partial charge in [-0.05, 0) is 86.2 Å². The van der Waals surface area contributed by atoms with Gasteiger partial charge in [-0.3, -0.25) is 13.9 Å². The van der Waals surface area contributed by atoms with E-state index < -0.39 is 28.5 Å². The topological polar surface area (TPSA) is 105 Å². The van der Waals surface area contributed by atoms with Crippen LogP contribution in [0, 0.1) is 13.8 Å². The molecule has 12 heteroatoms. The van der Waals surface area contributed by atoms with E-state index >= 15 is 0 Å². The number of hydrogen-bond acceptors (Lipinski definition) is 6. The summed E-state index contributed by atoms with van der Waals surface area (Å²) in [6.45, 7) is 4.94. The zero-order valence-corrected chi connectivity index (χ0v) is 29.1. The van der Waals surface area contributed by atoms with Gasteiger partial charge < -0.3 is 19.7 Å². The zero-order valence-electron chi connectivity index (χ0n) is 26.8. The molecule has 0 heterocycles. The summed E-state index contributed by atoms with van der Waals surface area (Å²) in [6.07, 6.45) is 4.13. The van der Waals surface area contributed by atoms with Gasteiger partial charge in [0.05, 0.1) is 24.8 Å². The van der Waals surface area contributed by atoms with Crippen LogP contribution in [0.25, 0.3) is 0 Å². The van der Waals surface area contributed by atoms with Crippen LogP contribution in [0.15, 0.2) is 59.5 Å². The summed E-state index contributed by atoms with van der Waals surface area (Å²) in [4.78, 5) is 29.5. The number of anilines is 1. The number of methoxy groups -OCH3 is 2. The molecule has 2 amide bonds. The molecular weight excluding hydrogens is 649 g/mol. The van der Waals surface area contributed by atoms with Crippen LogP contribution in [0.3, 0.4) is 0 Å². The lowest BCUT2D eigenvalue weighted by atomic mass is 10.1. The average molecular weight is 691 g/mol. The number of nitrogens with one attached hydrogen (secondary N) is 1. The Hall–Kier alpha value is -3.47. The summed E-state index contributed by atoms with van der Waals surface area (Å²) in [5.74, 6) is -0.263. The highest BCUT2D eigenvalue weighted by Crippen LogP contribution is 2.33. The van der Waals surface area contributed by atoms with Crippen molar-refractivity contribution in [1.29, 1.82) is 0 Å². The van der Waals surface area contributed by atoms with E-state index in [1.54, 1.807) is 30.3 Å². The lowest BCUT2D eigenvalue weighted by Gasteiger charge is -2.34. The minimum Gasteiger partial charge on any atom is -0.493 e. The molecule has 3 aromatic carbocycles. The monoisotopic (exact) mass is 689 g/mol. The maximum Gasteiger partial charge on any atom is 0.264 e. The van der Waals surface area contributed by atoms with Crippen molar-refractivity contribution in [2.45, 2.75) is 76.4 Å². The first-order chi connectivity index (χ1) is 21.9. The molecule has 1 N–H and O–H groups in total. The molecule has 0 spiro atoms. The van der Waals surface area contributed by atoms with Crippen molar-refractivity contribution in [3.05, 3.63) is 81.3 Å². The van der Waals surface area contributed by atoms with E-state index in [1.165, 1.54) is 37.3 Å². The second-order valence-electron chi connectivity index (χ2n) is 11.5. The molecule has 1 aliphatic carbocycles. The van der Waals surface area contributed by atoms with Gasteiger partial charge in [0.1, 0.15) is 12.6 Å². The molecule has 248 valence electrons. The molecule has 0 saturated heterocycles. The van der Waals surface area contributed by atoms with E-state index in [0.29, 0.717) is 33.5 Å². The Morgan fingerprint density at radius 2 is 1.59 bits per heavy atom. The average Bonchev–Trinajstić information content (AvgIpc) is 3.52. The van der Waals surface area contributed by atoms with Crippen molar-refractivity contribution in [3.63, 3.8) is 0 Å². The van der Waals surface area contributed by atoms with E-state index in [9.17, 15) is 18.0 Å². The lowest BCUT2D eigenvalue weighted by Crippen LogP contribution is -2.53. The number of ether oxygens (including phenoxy) is 2. The van der Waals surface area contributed by atoms with Gasteiger partial charge in [-0.1, -0.05) is 55.1 Å². The van der Waals surface area contributed by atoms with Crippen LogP contribution in [0.4, 0.5) is 5.69 Å². The molecular formula is C34H41Cl2N3O6S. The highest BCUT2D eigenvalue weighted by molar-refractivity contribution is 7.92. The fourth-order valence-corrected chi connectivity index (χ4v) is 7.73. The Morgan fingerprint density at radius 1 is 0.935 bits per heavy atom. The number of carbonyl (C=O) groups excluding carboxylic acids is 2. The number of benzene rings is 3. The Labute approximate surface area is 281 Å². The van der Waals surface area contributed by atoms with Crippen LogP contribution in [-0.2, 0) is 26.2 Å². The van der Waals surface area contributed by atoms with E-state index in [4.69, 9.17) is 32.7 Å². The number of amides is 2. The second-order valence-corrected chi connectivity index (χ2v) is 14.3. The first-order valence-corrected chi connectivity index (χ1v) is 17.4. The standard InChI is InChI=1S/C34H41Cl2N3O6S/c1-6-30(34(41)37-26-9-7-8-10-26)38(20-24-11-12-25(35)18-29(24)36)33(40)21-39(27-16-22(2)15-23(3)17-27)46(42,43)28-13-14-31(44-4)32(19-28)45-5/h11-19,26,30H,6-10,20-21H2,1-5H3,(H,37,41). The van der Waals surface area contributed by atoms with Gasteiger partial charge >= 0.3 is 0 Å². The summed E-state index contributed by atoms with van der Waals surface area (Å²) in [6, 6.07) is 13.7. The quantitative estimate of drug-likeness (QED) is 0.214. The SMILES string of the molecule is CCC(C(=O)NC1CCCC1)N(Cc1ccc(Cl)cc1Cl)C(=O)CN(c1cc(C)cc(C)c1)S(=O)(=O)c1ccc(OC)c(OC)c1. The Bertz CT molecular complexity index is 1660. The minimum atomic E-state index is -4.33. The third-order valence-electron chi connectivity index (χ3n) is 8.16. The van der Waals surface area contributed by atoms with Crippen LogP contribution >= 0.6 is 23.2 Å². The summed E-state index contributed by atoms with van der Waals surface area (Å²) >= 11 is 12.7. The third kappa shape index (κ3) is 8.27. The van der Waals surface area contributed by atoms with E-state index in [0.717, 1.165) is 41.1 Å². The van der Waals surface area contributed by atoms with Crippen LogP contribution in [0.2, 0.25) is 10.0 Å². The number of sulfonamides is 1. The largest absolute Gasteiger partial charge is 0.493 e. The maximum atomic E-state index is 14.4. The van der Waals surface area contributed by atoms with Crippen molar-refractivity contribution in [2.24, 2.45) is 0 Å². The number of halogens is 2. The van der Waals surface area contributed by atoms with Crippen LogP contribution < -0.4 is 19.1 Å². The molecule has 1 fully saturated rings. The number of hydrogen-bond donors (Lipinski definition) is 1. The van der Waals surface area contributed by atoms with E-state index in [2.05, 4.69) is 5.32 Å². The lowest BCUT2D eigenvalue weighted by molar-refractivity contribution is -0.140. The first kappa shape index (κ1) is 35.4. The molecule has 3 aromatic rings. The molecule has 4 rings (SSSR count). The number of carbonyl (C=O) groups is 2. The molecule has 1 aliphatic rings. The van der Waals surface area contributed by atoms with Gasteiger partial charge in [0.2, 0.25) is 11.8 Å². The van der Waals surface area contributed by atoms with Crippen molar-refractivity contribution in [3.8, 4) is 11.5 Å². The number of nitrogens with zero attached hydrogens (tertiary/aromatic N) is 2. The Morgan fingerprint density at radius 3 is 2.17 bits per heavy atom. The fraction of sp³-hybridized carbons (Fsp3) is 0.412. The normalized spacial score (nSPS) is 14.1. The van der Waals surface area contributed by atoms with Crippen molar-refractivity contribution >= 4 is 50.7 Å². The third-order valence-corrected chi connectivity index (χ3v) is 10.5. The van der Waals surface area contributed by atoms with E-state index in [-0.39, 0.29) is 29.1 Å². The molecule has 1 atom stereocenters. The number of aryl methyl sites for hydroxylation is 2. The molecule has 0 aromatic heterocycles. The predicted molar refractivity (Wildman–Crippen MR) is 181 cm³/mol. The van der Waals surface area contributed by atoms with Crippen LogP contribution in [0.1, 0.15) is 55.7 Å². The summed E-state index contributed by atoms with van der Waals surface area (Å²) in [5.41, 5.74) is 2.53. The number of rotatable bonds is 13. The van der Waals surface area contributed by atoms with Crippen molar-refractivity contribution < 1.29 is 27.5 Å². The molecule has 0 aliphatic heterocycles. The van der Waals surface area contributed by atoms with Crippen molar-refractivity contribution in [1.82, 2.24) is 10.2 Å². The van der Waals surface area contributed by atoms with Crippen LogP contribution in [0.5, 0.6) is 11.5 Å². The van der Waals surface area contributed by atoms with Gasteiger partial charge in [-0.15, -0.1) is 0 Å². The zero-order chi connectivity index (χ0) is 33.6. The highest BCUT2D eigenvalue weighted by atomic mass is 35.5. The summed E-state index contributed by atoms with van der Waals surface area (Å²) in [5, 5.41) is 3.87. The molecule has 1 saturated carbocycles. The van der Waals surface area contributed by atoms with Crippen LogP contribution in [-0.4, -0.2) is 58.0 Å². The van der Waals surface area contributed by atoms with E-state index in [1.807, 2.05) is 26.8 Å². The van der Waals surface area contributed by atoms with Gasteiger partial charge in [0.15, 0.2) is 11.5 Å².